The first-order valence-electron chi connectivity index (χ1n) is 2.17. The standard InChI is InChI=1S/Cl5F2N2P3S/c1-10(2,3)8-12(6,7)9-11(4,5)13. The summed E-state index contributed by atoms with van der Waals surface area (Å²) in [5, 5.41) is -3.52. The van der Waals surface area contributed by atoms with Crippen LogP contribution in [0.15, 0.2) is 9.03 Å². The Labute approximate surface area is 103 Å². The van der Waals surface area contributed by atoms with E-state index in [0.717, 1.165) is 0 Å². The van der Waals surface area contributed by atoms with Gasteiger partial charge in [-0.15, -0.1) is 8.39 Å². The molecule has 0 fully saturated rings. The van der Waals surface area contributed by atoms with E-state index in [-0.39, 0.29) is 0 Å². The van der Waals surface area contributed by atoms with Gasteiger partial charge in [0.1, 0.15) is 0 Å². The first kappa shape index (κ1) is 15.4. The molecule has 0 saturated heterocycles. The Hall–Kier alpha value is 2.42. The fourth-order valence-electron chi connectivity index (χ4n) is 0.265. The topological polar surface area (TPSA) is 24.7 Å². The molecule has 13 heavy (non-hydrogen) atoms. The molecular weight excluding hydrogens is 368 g/mol. The molecule has 0 aromatic carbocycles. The molecule has 0 spiro atoms. The van der Waals surface area contributed by atoms with Crippen LogP contribution in [0.1, 0.15) is 0 Å². The Balaban J connectivity index is 5.25. The SMILES string of the molecule is FP(F)(N=P(Cl)(Cl)Cl)=NP(=S)(Cl)Cl. The highest BCUT2D eigenvalue weighted by atomic mass is 36.0. The molecule has 80 valence electrons. The molecule has 0 rings (SSSR count). The second-order valence-electron chi connectivity index (χ2n) is 1.49. The van der Waals surface area contributed by atoms with Gasteiger partial charge >= 0.3 is 7.83 Å². The van der Waals surface area contributed by atoms with Gasteiger partial charge in [-0.1, -0.05) is 0 Å². The number of hydrogen-bond acceptors (Lipinski definition) is 1. The molecular formula is Cl5F2N2P3S. The minimum atomic E-state index is -5.10. The summed E-state index contributed by atoms with van der Waals surface area (Å²) in [5.74, 6) is 0. The highest BCUT2D eigenvalue weighted by molar-refractivity contribution is 8.39. The van der Waals surface area contributed by atoms with Crippen molar-refractivity contribution in [3.8, 4) is 0 Å². The number of rotatable bonds is 2. The van der Waals surface area contributed by atoms with E-state index in [2.05, 4.69) is 20.8 Å². The zero-order valence-electron chi connectivity index (χ0n) is 5.29. The van der Waals surface area contributed by atoms with Crippen LogP contribution in [0, 0.1) is 0 Å². The van der Waals surface area contributed by atoms with Gasteiger partial charge in [0.25, 0.3) is 0 Å². The predicted molar refractivity (Wildman–Crippen MR) is 64.5 cm³/mol. The highest BCUT2D eigenvalue weighted by Crippen LogP contribution is 2.78. The monoisotopic (exact) mass is 366 g/mol. The molecule has 0 aromatic heterocycles. The Morgan fingerprint density at radius 3 is 1.54 bits per heavy atom. The molecule has 0 amide bonds. The zero-order valence-corrected chi connectivity index (χ0v) is 12.6. The van der Waals surface area contributed by atoms with Gasteiger partial charge in [0.15, 0.2) is 0 Å². The summed E-state index contributed by atoms with van der Waals surface area (Å²) in [4.78, 5) is -3.42. The lowest BCUT2D eigenvalue weighted by Crippen LogP contribution is -1.54. The molecule has 0 atom stereocenters. The van der Waals surface area contributed by atoms with Crippen molar-refractivity contribution in [3.63, 3.8) is 0 Å². The van der Waals surface area contributed by atoms with Gasteiger partial charge in [0.05, 0.1) is 0 Å². The Morgan fingerprint density at radius 2 is 1.31 bits per heavy atom. The summed E-state index contributed by atoms with van der Waals surface area (Å²) in [6, 6.07) is 0. The number of hydrogen-bond donors (Lipinski definition) is 0. The molecule has 2 nitrogen and oxygen atoms in total. The zero-order chi connectivity index (χ0) is 10.9. The highest BCUT2D eigenvalue weighted by Gasteiger charge is 2.24. The fraction of sp³-hybridized carbons (Fsp3) is 0. The maximum Gasteiger partial charge on any atom is 0.420 e. The fourth-order valence-corrected chi connectivity index (χ4v) is 7.16. The average molecular weight is 368 g/mol. The quantitative estimate of drug-likeness (QED) is 0.472. The maximum absolute atomic E-state index is 12.8. The van der Waals surface area contributed by atoms with Crippen molar-refractivity contribution in [1.82, 2.24) is 0 Å². The molecule has 0 unspecified atom stereocenters. The summed E-state index contributed by atoms with van der Waals surface area (Å²) < 4.78 is 30.8. The third-order valence-corrected chi connectivity index (χ3v) is 7.49. The van der Waals surface area contributed by atoms with Crippen LogP contribution in [0.4, 0.5) is 8.39 Å². The third-order valence-electron chi connectivity index (χ3n) is 0.421. The Bertz CT molecular complexity index is 325. The van der Waals surface area contributed by atoms with Gasteiger partial charge in [-0.25, -0.2) is 0 Å². The second-order valence-corrected chi connectivity index (χ2v) is 17.7. The van der Waals surface area contributed by atoms with Crippen LogP contribution in [0.5, 0.6) is 0 Å². The van der Waals surface area contributed by atoms with Crippen molar-refractivity contribution in [2.45, 2.75) is 0 Å². The van der Waals surface area contributed by atoms with E-state index in [4.69, 9.17) is 56.2 Å². The minimum Gasteiger partial charge on any atom is -0.162 e. The summed E-state index contributed by atoms with van der Waals surface area (Å²) >= 11 is 29.9. The van der Waals surface area contributed by atoms with Gasteiger partial charge < -0.3 is 0 Å². The molecule has 0 saturated carbocycles. The van der Waals surface area contributed by atoms with E-state index in [9.17, 15) is 8.39 Å². The van der Waals surface area contributed by atoms with Crippen molar-refractivity contribution >= 4 is 85.8 Å². The second kappa shape index (κ2) is 5.17. The average Bonchev–Trinajstić information content (AvgIpc) is 1.43. The van der Waals surface area contributed by atoms with Crippen LogP contribution in [0.2, 0.25) is 0 Å². The van der Waals surface area contributed by atoms with Gasteiger partial charge in [0.2, 0.25) is 10.0 Å². The molecule has 0 aromatic rings. The van der Waals surface area contributed by atoms with Crippen LogP contribution in [-0.2, 0) is 11.8 Å². The van der Waals surface area contributed by atoms with Gasteiger partial charge in [-0.2, -0.15) is 9.03 Å². The van der Waals surface area contributed by atoms with Gasteiger partial charge in [-0.05, 0) is 68.0 Å². The first-order chi connectivity index (χ1) is 5.41. The smallest absolute Gasteiger partial charge is 0.162 e. The van der Waals surface area contributed by atoms with Crippen molar-refractivity contribution in [1.29, 1.82) is 0 Å². The van der Waals surface area contributed by atoms with Crippen molar-refractivity contribution < 1.29 is 8.39 Å². The van der Waals surface area contributed by atoms with Crippen molar-refractivity contribution in [2.75, 3.05) is 0 Å². The van der Waals surface area contributed by atoms with Crippen LogP contribution < -0.4 is 0 Å². The third kappa shape index (κ3) is 10.7. The van der Waals surface area contributed by atoms with Crippen molar-refractivity contribution in [3.05, 3.63) is 0 Å². The lowest BCUT2D eigenvalue weighted by molar-refractivity contribution is 0.728. The van der Waals surface area contributed by atoms with Crippen LogP contribution in [0.3, 0.4) is 0 Å². The van der Waals surface area contributed by atoms with Crippen LogP contribution >= 0.6 is 74.0 Å². The van der Waals surface area contributed by atoms with E-state index in [1.165, 1.54) is 0 Å². The molecule has 0 bridgehead atoms. The van der Waals surface area contributed by atoms with E-state index < -0.39 is 17.8 Å². The Kier molecular flexibility index (Phi) is 6.13. The largest absolute Gasteiger partial charge is 0.420 e. The summed E-state index contributed by atoms with van der Waals surface area (Å²) in [5.41, 5.74) is 0. The van der Waals surface area contributed by atoms with Gasteiger partial charge in [-0.3, -0.25) is 0 Å². The van der Waals surface area contributed by atoms with Crippen LogP contribution in [-0.4, -0.2) is 0 Å². The molecule has 0 aliphatic carbocycles. The molecule has 0 radical (unpaired) electrons. The maximum atomic E-state index is 12.8. The lowest BCUT2D eigenvalue weighted by atomic mass is 13.9. The van der Waals surface area contributed by atoms with E-state index in [0.29, 0.717) is 0 Å². The Morgan fingerprint density at radius 1 is 0.923 bits per heavy atom. The summed E-state index contributed by atoms with van der Waals surface area (Å²) in [7, 11) is -5.10. The minimum absolute atomic E-state index is 2.64. The number of nitrogens with zero attached hydrogens (tertiary/aromatic N) is 2. The van der Waals surface area contributed by atoms with Crippen LogP contribution in [0.25, 0.3) is 0 Å². The number of halogens is 7. The molecule has 0 aliphatic rings. The van der Waals surface area contributed by atoms with Crippen molar-refractivity contribution in [2.24, 2.45) is 9.03 Å². The molecule has 0 heterocycles. The molecule has 13 heteroatoms. The molecule has 0 N–H and O–H groups in total. The van der Waals surface area contributed by atoms with Gasteiger partial charge in [0, 0.05) is 0 Å². The van der Waals surface area contributed by atoms with E-state index in [1.54, 1.807) is 0 Å². The summed E-state index contributed by atoms with van der Waals surface area (Å²) in [6.07, 6.45) is 0. The predicted octanol–water partition coefficient (Wildman–Crippen LogP) is 7.24. The first-order valence-corrected chi connectivity index (χ1v) is 12.7. The van der Waals surface area contributed by atoms with E-state index in [1.807, 2.05) is 0 Å². The van der Waals surface area contributed by atoms with E-state index >= 15 is 0 Å². The molecule has 0 aliphatic heterocycles. The normalized spacial score (nSPS) is 14.1. The summed E-state index contributed by atoms with van der Waals surface area (Å²) in [6.45, 7) is 0. The lowest BCUT2D eigenvalue weighted by Gasteiger charge is -2.03.